The van der Waals surface area contributed by atoms with Crippen molar-refractivity contribution in [3.63, 3.8) is 0 Å². The van der Waals surface area contributed by atoms with Gasteiger partial charge in [-0.25, -0.2) is 0 Å². The highest BCUT2D eigenvalue weighted by Crippen LogP contribution is 2.18. The van der Waals surface area contributed by atoms with Crippen molar-refractivity contribution in [3.8, 4) is 0 Å². The lowest BCUT2D eigenvalue weighted by Gasteiger charge is -2.18. The molecule has 0 aliphatic rings. The van der Waals surface area contributed by atoms with E-state index < -0.39 is 6.10 Å². The van der Waals surface area contributed by atoms with Crippen LogP contribution in [-0.2, 0) is 28.6 Å². The van der Waals surface area contributed by atoms with Crippen LogP contribution in [0, 0.1) is 17.8 Å². The Bertz CT molecular complexity index is 945. The van der Waals surface area contributed by atoms with Gasteiger partial charge in [-0.05, 0) is 37.0 Å². The average Bonchev–Trinajstić information content (AvgIpc) is 3.22. The Morgan fingerprint density at radius 2 is 0.475 bits per heavy atom. The van der Waals surface area contributed by atoms with Crippen molar-refractivity contribution >= 4 is 17.9 Å². The summed E-state index contributed by atoms with van der Waals surface area (Å²) >= 11 is 0. The van der Waals surface area contributed by atoms with E-state index in [-0.39, 0.29) is 31.1 Å². The molecule has 0 fully saturated rings. The van der Waals surface area contributed by atoms with Crippen LogP contribution in [0.1, 0.15) is 298 Å². The molecule has 0 aliphatic carbocycles. The maximum absolute atomic E-state index is 12.7. The fourth-order valence-corrected chi connectivity index (χ4v) is 8.29. The standard InChI is InChI=1S/C55H106O6/c1-49(2)41-35-29-23-18-15-13-11-9-7-8-10-12-14-16-20-26-32-38-44-53(56)59-47-52(61-55(58)46-40-34-28-22-25-31-37-43-51(5)6)48-60-54(57)45-39-33-27-21-17-19-24-30-36-42-50(3)4/h49-52H,7-48H2,1-6H3/t52-/m0/s1. The summed E-state index contributed by atoms with van der Waals surface area (Å²) in [6.07, 6.45) is 46.8. The van der Waals surface area contributed by atoms with Gasteiger partial charge in [-0.2, -0.15) is 0 Å². The highest BCUT2D eigenvalue weighted by atomic mass is 16.6. The zero-order chi connectivity index (χ0) is 44.9. The molecule has 61 heavy (non-hydrogen) atoms. The third-order valence-electron chi connectivity index (χ3n) is 12.4. The molecule has 0 heterocycles. The molecule has 0 amide bonds. The number of carbonyl (C=O) groups excluding carboxylic acids is 3. The molecule has 6 nitrogen and oxygen atoms in total. The van der Waals surface area contributed by atoms with Crippen LogP contribution in [0.3, 0.4) is 0 Å². The summed E-state index contributed by atoms with van der Waals surface area (Å²) in [6, 6.07) is 0. The summed E-state index contributed by atoms with van der Waals surface area (Å²) in [5.74, 6) is 1.59. The van der Waals surface area contributed by atoms with Gasteiger partial charge in [0.1, 0.15) is 13.2 Å². The Morgan fingerprint density at radius 3 is 0.705 bits per heavy atom. The second-order valence-electron chi connectivity index (χ2n) is 20.3. The first-order valence-corrected chi connectivity index (χ1v) is 27.1. The van der Waals surface area contributed by atoms with E-state index in [9.17, 15) is 14.4 Å². The molecule has 0 rings (SSSR count). The van der Waals surface area contributed by atoms with Gasteiger partial charge in [0.05, 0.1) is 0 Å². The minimum absolute atomic E-state index is 0.0651. The third-order valence-corrected chi connectivity index (χ3v) is 12.4. The zero-order valence-corrected chi connectivity index (χ0v) is 42.0. The summed E-state index contributed by atoms with van der Waals surface area (Å²) in [5, 5.41) is 0. The van der Waals surface area contributed by atoms with Crippen LogP contribution in [0.15, 0.2) is 0 Å². The fourth-order valence-electron chi connectivity index (χ4n) is 8.29. The summed E-state index contributed by atoms with van der Waals surface area (Å²) in [7, 11) is 0. The lowest BCUT2D eigenvalue weighted by Crippen LogP contribution is -2.30. The van der Waals surface area contributed by atoms with E-state index >= 15 is 0 Å². The number of rotatable bonds is 48. The maximum atomic E-state index is 12.7. The first-order chi connectivity index (χ1) is 29.6. The van der Waals surface area contributed by atoms with Crippen LogP contribution >= 0.6 is 0 Å². The van der Waals surface area contributed by atoms with Crippen LogP contribution in [0.5, 0.6) is 0 Å². The molecule has 1 atom stereocenters. The van der Waals surface area contributed by atoms with E-state index in [0.29, 0.717) is 19.3 Å². The van der Waals surface area contributed by atoms with Crippen LogP contribution < -0.4 is 0 Å². The Kier molecular flexibility index (Phi) is 45.2. The number of hydrogen-bond acceptors (Lipinski definition) is 6. The Balaban J connectivity index is 4.19. The Labute approximate surface area is 380 Å². The largest absolute Gasteiger partial charge is 0.462 e. The lowest BCUT2D eigenvalue weighted by atomic mass is 10.0. The van der Waals surface area contributed by atoms with Gasteiger partial charge in [-0.1, -0.05) is 260 Å². The number of unbranched alkanes of at least 4 members (excludes halogenated alkanes) is 31. The molecule has 0 unspecified atom stereocenters. The average molecular weight is 863 g/mol. The van der Waals surface area contributed by atoms with Gasteiger partial charge in [-0.15, -0.1) is 0 Å². The molecule has 6 heteroatoms. The molecule has 0 bridgehead atoms. The highest BCUT2D eigenvalue weighted by molar-refractivity contribution is 5.71. The SMILES string of the molecule is CC(C)CCCCCCCCCCCCCCCCCCCCC(=O)OC[C@@H](COC(=O)CCCCCCCCCCCC(C)C)OC(=O)CCCCCCCCCC(C)C. The van der Waals surface area contributed by atoms with Crippen LogP contribution in [-0.4, -0.2) is 37.2 Å². The van der Waals surface area contributed by atoms with Crippen molar-refractivity contribution in [2.75, 3.05) is 13.2 Å². The van der Waals surface area contributed by atoms with Crippen molar-refractivity contribution in [2.45, 2.75) is 304 Å². The van der Waals surface area contributed by atoms with E-state index in [1.165, 1.54) is 180 Å². The normalized spacial score (nSPS) is 12.1. The molecular weight excluding hydrogens is 757 g/mol. The van der Waals surface area contributed by atoms with E-state index in [0.717, 1.165) is 75.5 Å². The van der Waals surface area contributed by atoms with Gasteiger partial charge < -0.3 is 14.2 Å². The van der Waals surface area contributed by atoms with Crippen molar-refractivity contribution in [1.29, 1.82) is 0 Å². The molecule has 0 N–H and O–H groups in total. The molecule has 0 aliphatic heterocycles. The van der Waals surface area contributed by atoms with Crippen molar-refractivity contribution in [1.82, 2.24) is 0 Å². The topological polar surface area (TPSA) is 78.9 Å². The van der Waals surface area contributed by atoms with Crippen molar-refractivity contribution < 1.29 is 28.6 Å². The third kappa shape index (κ3) is 49.3. The molecule has 0 spiro atoms. The zero-order valence-electron chi connectivity index (χ0n) is 42.0. The first-order valence-electron chi connectivity index (χ1n) is 27.1. The lowest BCUT2D eigenvalue weighted by molar-refractivity contribution is -0.167. The van der Waals surface area contributed by atoms with Crippen LogP contribution in [0.25, 0.3) is 0 Å². The molecule has 0 aromatic heterocycles. The summed E-state index contributed by atoms with van der Waals surface area (Å²) in [6.45, 7) is 13.7. The predicted molar refractivity (Wildman–Crippen MR) is 261 cm³/mol. The molecule has 0 saturated heterocycles. The van der Waals surface area contributed by atoms with Crippen molar-refractivity contribution in [3.05, 3.63) is 0 Å². The van der Waals surface area contributed by atoms with Gasteiger partial charge >= 0.3 is 17.9 Å². The number of hydrogen-bond donors (Lipinski definition) is 0. The van der Waals surface area contributed by atoms with Gasteiger partial charge in [0.2, 0.25) is 0 Å². The van der Waals surface area contributed by atoms with E-state index in [1.54, 1.807) is 0 Å². The summed E-state index contributed by atoms with van der Waals surface area (Å²) in [4.78, 5) is 37.9. The van der Waals surface area contributed by atoms with Gasteiger partial charge in [0, 0.05) is 19.3 Å². The van der Waals surface area contributed by atoms with Crippen LogP contribution in [0.2, 0.25) is 0 Å². The second-order valence-corrected chi connectivity index (χ2v) is 20.3. The Morgan fingerprint density at radius 1 is 0.279 bits per heavy atom. The number of ether oxygens (including phenoxy) is 3. The highest BCUT2D eigenvalue weighted by Gasteiger charge is 2.19. The second kappa shape index (κ2) is 46.4. The minimum Gasteiger partial charge on any atom is -0.462 e. The molecule has 0 saturated carbocycles. The first kappa shape index (κ1) is 59.4. The monoisotopic (exact) mass is 863 g/mol. The predicted octanol–water partition coefficient (Wildman–Crippen LogP) is 17.6. The Hall–Kier alpha value is -1.59. The number of esters is 3. The van der Waals surface area contributed by atoms with E-state index in [1.807, 2.05) is 0 Å². The number of carbonyl (C=O) groups is 3. The minimum atomic E-state index is -0.763. The van der Waals surface area contributed by atoms with Crippen molar-refractivity contribution in [2.24, 2.45) is 17.8 Å². The molecular formula is C55H106O6. The molecule has 362 valence electrons. The van der Waals surface area contributed by atoms with E-state index in [2.05, 4.69) is 41.5 Å². The molecule has 0 aromatic rings. The quantitative estimate of drug-likeness (QED) is 0.0344. The van der Waals surface area contributed by atoms with Gasteiger partial charge in [-0.3, -0.25) is 14.4 Å². The maximum Gasteiger partial charge on any atom is 0.306 e. The molecule has 0 aromatic carbocycles. The fraction of sp³-hybridized carbons (Fsp3) is 0.945. The smallest absolute Gasteiger partial charge is 0.306 e. The van der Waals surface area contributed by atoms with Gasteiger partial charge in [0.25, 0.3) is 0 Å². The summed E-state index contributed by atoms with van der Waals surface area (Å²) < 4.78 is 16.8. The summed E-state index contributed by atoms with van der Waals surface area (Å²) in [5.41, 5.74) is 0. The molecule has 0 radical (unpaired) electrons. The van der Waals surface area contributed by atoms with Gasteiger partial charge in [0.15, 0.2) is 6.10 Å². The van der Waals surface area contributed by atoms with Crippen LogP contribution in [0.4, 0.5) is 0 Å². The van der Waals surface area contributed by atoms with E-state index in [4.69, 9.17) is 14.2 Å².